The molecule has 0 spiro atoms. The van der Waals surface area contributed by atoms with Crippen LogP contribution >= 0.6 is 35.3 Å². The number of aliphatic imine (C=N–C) groups is 1. The molecule has 2 atom stereocenters. The van der Waals surface area contributed by atoms with Crippen LogP contribution in [0.3, 0.4) is 0 Å². The van der Waals surface area contributed by atoms with E-state index < -0.39 is 0 Å². The molecule has 0 bridgehead atoms. The molecule has 26 heavy (non-hydrogen) atoms. The molecule has 0 radical (unpaired) electrons. The third-order valence-electron chi connectivity index (χ3n) is 4.82. The highest BCUT2D eigenvalue weighted by molar-refractivity contribution is 14.0. The number of guanidine groups is 1. The fourth-order valence-corrected chi connectivity index (χ4v) is 4.46. The molecule has 2 unspecified atom stereocenters. The standard InChI is InChI=1S/C20H36N4S.HI/c1-6-21-20(23-16(4)12-19-10-9-17(5)25-19)22-13-18-8-7-11-24(14-18)15(2)3;/h9-10,15-16,18H,6-8,11-14H2,1-5H3,(H2,21,22,23);1H. The number of piperidine rings is 1. The average molecular weight is 493 g/mol. The second-order valence-electron chi connectivity index (χ2n) is 7.58. The normalized spacial score (nSPS) is 19.9. The van der Waals surface area contributed by atoms with Crippen molar-refractivity contribution in [1.29, 1.82) is 0 Å². The van der Waals surface area contributed by atoms with Crippen LogP contribution in [0.5, 0.6) is 0 Å². The van der Waals surface area contributed by atoms with Crippen molar-refractivity contribution in [3.8, 4) is 0 Å². The van der Waals surface area contributed by atoms with E-state index >= 15 is 0 Å². The summed E-state index contributed by atoms with van der Waals surface area (Å²) >= 11 is 1.89. The summed E-state index contributed by atoms with van der Waals surface area (Å²) in [7, 11) is 0. The lowest BCUT2D eigenvalue weighted by Gasteiger charge is -2.35. The molecule has 0 aromatic carbocycles. The first-order valence-electron chi connectivity index (χ1n) is 9.82. The minimum Gasteiger partial charge on any atom is -0.357 e. The first kappa shape index (κ1) is 23.7. The lowest BCUT2D eigenvalue weighted by atomic mass is 9.97. The van der Waals surface area contributed by atoms with Crippen LogP contribution in [0.2, 0.25) is 0 Å². The van der Waals surface area contributed by atoms with Gasteiger partial charge < -0.3 is 15.5 Å². The number of thiophene rings is 1. The fraction of sp³-hybridized carbons (Fsp3) is 0.750. The van der Waals surface area contributed by atoms with Crippen LogP contribution in [0.4, 0.5) is 0 Å². The fourth-order valence-electron chi connectivity index (χ4n) is 3.44. The molecule has 1 aromatic rings. The summed E-state index contributed by atoms with van der Waals surface area (Å²) in [5.41, 5.74) is 0. The van der Waals surface area contributed by atoms with E-state index in [1.54, 1.807) is 0 Å². The summed E-state index contributed by atoms with van der Waals surface area (Å²) in [5.74, 6) is 1.65. The summed E-state index contributed by atoms with van der Waals surface area (Å²) in [6.45, 7) is 15.4. The number of halogens is 1. The minimum absolute atomic E-state index is 0. The smallest absolute Gasteiger partial charge is 0.191 e. The zero-order chi connectivity index (χ0) is 18.2. The van der Waals surface area contributed by atoms with Gasteiger partial charge in [0, 0.05) is 47.9 Å². The Morgan fingerprint density at radius 3 is 2.73 bits per heavy atom. The van der Waals surface area contributed by atoms with E-state index in [9.17, 15) is 0 Å². The van der Waals surface area contributed by atoms with Crippen molar-refractivity contribution in [2.24, 2.45) is 10.9 Å². The van der Waals surface area contributed by atoms with Gasteiger partial charge in [-0.3, -0.25) is 4.99 Å². The Bertz CT molecular complexity index is 544. The number of hydrogen-bond donors (Lipinski definition) is 2. The summed E-state index contributed by atoms with van der Waals surface area (Å²) in [5, 5.41) is 6.99. The van der Waals surface area contributed by atoms with E-state index in [1.165, 1.54) is 35.7 Å². The Kier molecular flexibility index (Phi) is 11.1. The number of nitrogens with one attached hydrogen (secondary N) is 2. The molecule has 1 saturated heterocycles. The van der Waals surface area contributed by atoms with Crippen LogP contribution in [-0.2, 0) is 6.42 Å². The van der Waals surface area contributed by atoms with Crippen LogP contribution < -0.4 is 10.6 Å². The van der Waals surface area contributed by atoms with Gasteiger partial charge in [0.1, 0.15) is 0 Å². The number of rotatable bonds is 7. The molecule has 0 aliphatic carbocycles. The second-order valence-corrected chi connectivity index (χ2v) is 8.95. The van der Waals surface area contributed by atoms with Gasteiger partial charge in [0.05, 0.1) is 0 Å². The maximum Gasteiger partial charge on any atom is 0.191 e. The summed E-state index contributed by atoms with van der Waals surface area (Å²) in [6, 6.07) is 5.47. The Morgan fingerprint density at radius 1 is 1.35 bits per heavy atom. The van der Waals surface area contributed by atoms with Crippen LogP contribution in [0.15, 0.2) is 17.1 Å². The van der Waals surface area contributed by atoms with Gasteiger partial charge in [0.15, 0.2) is 5.96 Å². The summed E-state index contributed by atoms with van der Waals surface area (Å²) in [4.78, 5) is 10.3. The predicted molar refractivity (Wildman–Crippen MR) is 126 cm³/mol. The molecule has 1 fully saturated rings. The molecule has 1 aromatic heterocycles. The SMILES string of the molecule is CCNC(=NCC1CCCN(C(C)C)C1)NC(C)Cc1ccc(C)s1.I. The van der Waals surface area contributed by atoms with Crippen molar-refractivity contribution >= 4 is 41.3 Å². The van der Waals surface area contributed by atoms with Crippen molar-refractivity contribution in [2.75, 3.05) is 26.2 Å². The van der Waals surface area contributed by atoms with E-state index in [0.29, 0.717) is 18.0 Å². The molecule has 2 heterocycles. The van der Waals surface area contributed by atoms with Gasteiger partial charge >= 0.3 is 0 Å². The van der Waals surface area contributed by atoms with Gasteiger partial charge in [0.2, 0.25) is 0 Å². The summed E-state index contributed by atoms with van der Waals surface area (Å²) < 4.78 is 0. The Balaban J connectivity index is 0.00000338. The number of nitrogens with zero attached hydrogens (tertiary/aromatic N) is 2. The topological polar surface area (TPSA) is 39.7 Å². The molecule has 0 amide bonds. The Morgan fingerprint density at radius 2 is 2.12 bits per heavy atom. The maximum absolute atomic E-state index is 4.89. The average Bonchev–Trinajstić information content (AvgIpc) is 2.98. The first-order chi connectivity index (χ1) is 12.0. The van der Waals surface area contributed by atoms with Gasteiger partial charge in [0.25, 0.3) is 0 Å². The first-order valence-corrected chi connectivity index (χ1v) is 10.6. The van der Waals surface area contributed by atoms with Crippen LogP contribution in [-0.4, -0.2) is 49.1 Å². The van der Waals surface area contributed by atoms with Crippen molar-refractivity contribution in [3.05, 3.63) is 21.9 Å². The third-order valence-corrected chi connectivity index (χ3v) is 5.84. The molecule has 2 rings (SSSR count). The molecular formula is C20H37IN4S. The maximum atomic E-state index is 4.89. The van der Waals surface area contributed by atoms with Crippen LogP contribution in [0.25, 0.3) is 0 Å². The zero-order valence-corrected chi connectivity index (χ0v) is 20.2. The molecule has 2 N–H and O–H groups in total. The van der Waals surface area contributed by atoms with Gasteiger partial charge in [-0.15, -0.1) is 35.3 Å². The van der Waals surface area contributed by atoms with Gasteiger partial charge in [-0.05, 0) is 72.1 Å². The molecular weight excluding hydrogens is 455 g/mol. The molecule has 6 heteroatoms. The van der Waals surface area contributed by atoms with E-state index in [0.717, 1.165) is 25.5 Å². The molecule has 1 aliphatic heterocycles. The van der Waals surface area contributed by atoms with E-state index in [-0.39, 0.29) is 24.0 Å². The lowest BCUT2D eigenvalue weighted by molar-refractivity contribution is 0.143. The zero-order valence-electron chi connectivity index (χ0n) is 17.0. The second kappa shape index (κ2) is 12.2. The number of hydrogen-bond acceptors (Lipinski definition) is 3. The number of likely N-dealkylation sites (tertiary alicyclic amines) is 1. The van der Waals surface area contributed by atoms with E-state index in [4.69, 9.17) is 4.99 Å². The van der Waals surface area contributed by atoms with Gasteiger partial charge in [-0.1, -0.05) is 0 Å². The Labute approximate surface area is 181 Å². The van der Waals surface area contributed by atoms with E-state index in [1.807, 2.05) is 11.3 Å². The quantitative estimate of drug-likeness (QED) is 0.339. The van der Waals surface area contributed by atoms with Crippen molar-refractivity contribution in [2.45, 2.75) is 66.0 Å². The third kappa shape index (κ3) is 8.13. The molecule has 4 nitrogen and oxygen atoms in total. The van der Waals surface area contributed by atoms with Gasteiger partial charge in [-0.2, -0.15) is 0 Å². The monoisotopic (exact) mass is 492 g/mol. The largest absolute Gasteiger partial charge is 0.357 e. The van der Waals surface area contributed by atoms with Crippen molar-refractivity contribution in [1.82, 2.24) is 15.5 Å². The van der Waals surface area contributed by atoms with Crippen LogP contribution in [0, 0.1) is 12.8 Å². The predicted octanol–water partition coefficient (Wildman–Crippen LogP) is 4.28. The van der Waals surface area contributed by atoms with E-state index in [2.05, 4.69) is 62.3 Å². The molecule has 0 saturated carbocycles. The highest BCUT2D eigenvalue weighted by Crippen LogP contribution is 2.19. The lowest BCUT2D eigenvalue weighted by Crippen LogP contribution is -2.44. The number of aryl methyl sites for hydroxylation is 1. The molecule has 150 valence electrons. The Hall–Kier alpha value is -0.340. The minimum atomic E-state index is 0. The highest BCUT2D eigenvalue weighted by Gasteiger charge is 2.21. The van der Waals surface area contributed by atoms with Crippen LogP contribution in [0.1, 0.15) is 50.3 Å². The van der Waals surface area contributed by atoms with Crippen molar-refractivity contribution < 1.29 is 0 Å². The molecule has 1 aliphatic rings. The van der Waals surface area contributed by atoms with Crippen molar-refractivity contribution in [3.63, 3.8) is 0 Å². The highest BCUT2D eigenvalue weighted by atomic mass is 127. The summed E-state index contributed by atoms with van der Waals surface area (Å²) in [6.07, 6.45) is 3.65. The van der Waals surface area contributed by atoms with Gasteiger partial charge in [-0.25, -0.2) is 0 Å².